The Morgan fingerprint density at radius 2 is 1.96 bits per heavy atom. The lowest BCUT2D eigenvalue weighted by Crippen LogP contribution is -2.38. The van der Waals surface area contributed by atoms with Crippen molar-refractivity contribution in [3.05, 3.63) is 52.1 Å². The third-order valence-electron chi connectivity index (χ3n) is 4.33. The van der Waals surface area contributed by atoms with E-state index < -0.39 is 0 Å². The van der Waals surface area contributed by atoms with E-state index in [9.17, 15) is 4.39 Å². The zero-order valence-electron chi connectivity index (χ0n) is 16.2. The Morgan fingerprint density at radius 1 is 1.23 bits per heavy atom. The molecule has 2 N–H and O–H groups in total. The molecule has 5 nitrogen and oxygen atoms in total. The van der Waals surface area contributed by atoms with Gasteiger partial charge in [-0.05, 0) is 56.9 Å². The highest BCUT2D eigenvalue weighted by Crippen LogP contribution is 2.12. The molecule has 2 aromatic rings. The molecule has 0 saturated carbocycles. The van der Waals surface area contributed by atoms with Crippen molar-refractivity contribution in [3.8, 4) is 0 Å². The zero-order chi connectivity index (χ0) is 18.4. The van der Waals surface area contributed by atoms with E-state index >= 15 is 0 Å². The normalized spacial score (nSPS) is 11.2. The largest absolute Gasteiger partial charge is 0.357 e. The lowest BCUT2D eigenvalue weighted by Gasteiger charge is -2.11. The molecule has 1 heterocycles. The number of aliphatic imine (C=N–C) groups is 1. The van der Waals surface area contributed by atoms with Gasteiger partial charge >= 0.3 is 0 Å². The summed E-state index contributed by atoms with van der Waals surface area (Å²) in [7, 11) is 1.96. The van der Waals surface area contributed by atoms with Crippen LogP contribution in [0.4, 0.5) is 4.39 Å². The summed E-state index contributed by atoms with van der Waals surface area (Å²) in [6.45, 7) is 9.89. The number of nitrogens with one attached hydrogen (secondary N) is 2. The number of nitrogens with zero attached hydrogens (tertiary/aromatic N) is 3. The van der Waals surface area contributed by atoms with E-state index in [0.29, 0.717) is 12.1 Å². The van der Waals surface area contributed by atoms with Gasteiger partial charge in [0.15, 0.2) is 5.96 Å². The molecular formula is C19H29FIN5. The van der Waals surface area contributed by atoms with Crippen LogP contribution < -0.4 is 10.6 Å². The van der Waals surface area contributed by atoms with Gasteiger partial charge in [-0.1, -0.05) is 12.1 Å². The summed E-state index contributed by atoms with van der Waals surface area (Å²) in [5, 5.41) is 11.0. The molecule has 0 fully saturated rings. The molecule has 1 aromatic heterocycles. The van der Waals surface area contributed by atoms with E-state index in [4.69, 9.17) is 0 Å². The van der Waals surface area contributed by atoms with E-state index in [1.807, 2.05) is 31.6 Å². The topological polar surface area (TPSA) is 54.2 Å². The molecule has 0 aliphatic heterocycles. The quantitative estimate of drug-likeness (QED) is 0.384. The molecule has 0 bridgehead atoms. The maximum atomic E-state index is 13.6. The Labute approximate surface area is 172 Å². The first-order valence-electron chi connectivity index (χ1n) is 8.68. The highest BCUT2D eigenvalue weighted by atomic mass is 127. The number of hydrogen-bond donors (Lipinski definition) is 2. The van der Waals surface area contributed by atoms with Crippen molar-refractivity contribution in [1.82, 2.24) is 20.4 Å². The summed E-state index contributed by atoms with van der Waals surface area (Å²) in [5.41, 5.74) is 5.04. The predicted molar refractivity (Wildman–Crippen MR) is 116 cm³/mol. The Morgan fingerprint density at radius 3 is 2.54 bits per heavy atom. The van der Waals surface area contributed by atoms with E-state index in [2.05, 4.69) is 27.6 Å². The summed E-state index contributed by atoms with van der Waals surface area (Å²) in [4.78, 5) is 4.54. The van der Waals surface area contributed by atoms with Gasteiger partial charge in [-0.25, -0.2) is 9.38 Å². The summed E-state index contributed by atoms with van der Waals surface area (Å²) in [5.74, 6) is 0.552. The number of rotatable bonds is 6. The molecule has 0 aliphatic rings. The number of aromatic nitrogens is 2. The number of aryl methyl sites for hydroxylation is 3. The Kier molecular flexibility index (Phi) is 9.04. The van der Waals surface area contributed by atoms with Gasteiger partial charge in [-0.2, -0.15) is 5.10 Å². The van der Waals surface area contributed by atoms with Crippen molar-refractivity contribution in [2.75, 3.05) is 13.1 Å². The van der Waals surface area contributed by atoms with Crippen molar-refractivity contribution >= 4 is 29.9 Å². The first-order valence-corrected chi connectivity index (χ1v) is 8.68. The summed E-state index contributed by atoms with van der Waals surface area (Å²) in [6, 6.07) is 5.24. The van der Waals surface area contributed by atoms with E-state index in [-0.39, 0.29) is 29.8 Å². The van der Waals surface area contributed by atoms with Crippen LogP contribution in [0.15, 0.2) is 23.2 Å². The van der Waals surface area contributed by atoms with Crippen molar-refractivity contribution in [1.29, 1.82) is 0 Å². The molecule has 0 atom stereocenters. The van der Waals surface area contributed by atoms with E-state index in [1.54, 1.807) is 19.1 Å². The van der Waals surface area contributed by atoms with Gasteiger partial charge in [0.25, 0.3) is 0 Å². The smallest absolute Gasteiger partial charge is 0.191 e. The Balaban J connectivity index is 0.00000338. The molecule has 7 heteroatoms. The van der Waals surface area contributed by atoms with Crippen molar-refractivity contribution in [3.63, 3.8) is 0 Å². The fraction of sp³-hybridized carbons (Fsp3) is 0.474. The monoisotopic (exact) mass is 473 g/mol. The second kappa shape index (κ2) is 10.5. The van der Waals surface area contributed by atoms with Gasteiger partial charge in [-0.3, -0.25) is 4.68 Å². The first-order chi connectivity index (χ1) is 11.9. The summed E-state index contributed by atoms with van der Waals surface area (Å²) in [6.07, 6.45) is 0.884. The highest BCUT2D eigenvalue weighted by Gasteiger charge is 2.09. The molecular weight excluding hydrogens is 444 g/mol. The SMILES string of the molecule is CCNC(=NCc1ccc(C)c(F)c1)NCCc1c(C)nn(C)c1C.I. The number of benzene rings is 1. The average Bonchev–Trinajstić information content (AvgIpc) is 2.81. The van der Waals surface area contributed by atoms with Gasteiger partial charge in [-0.15, -0.1) is 24.0 Å². The fourth-order valence-corrected chi connectivity index (χ4v) is 2.73. The third-order valence-corrected chi connectivity index (χ3v) is 4.33. The van der Waals surface area contributed by atoms with Crippen LogP contribution in [0.2, 0.25) is 0 Å². The van der Waals surface area contributed by atoms with Crippen molar-refractivity contribution in [2.24, 2.45) is 12.0 Å². The molecule has 0 saturated heterocycles. The minimum atomic E-state index is -0.187. The number of hydrogen-bond acceptors (Lipinski definition) is 2. The van der Waals surface area contributed by atoms with Crippen LogP contribution in [0.1, 0.15) is 35.0 Å². The number of halogens is 2. The average molecular weight is 473 g/mol. The fourth-order valence-electron chi connectivity index (χ4n) is 2.73. The molecule has 0 spiro atoms. The lowest BCUT2D eigenvalue weighted by atomic mass is 10.1. The molecule has 0 aliphatic carbocycles. The van der Waals surface area contributed by atoms with Crippen LogP contribution in [0.25, 0.3) is 0 Å². The lowest BCUT2D eigenvalue weighted by molar-refractivity contribution is 0.616. The van der Waals surface area contributed by atoms with Gasteiger partial charge in [0, 0.05) is 25.8 Å². The van der Waals surface area contributed by atoms with E-state index in [0.717, 1.165) is 36.7 Å². The molecule has 2 rings (SSSR count). The van der Waals surface area contributed by atoms with Crippen LogP contribution in [-0.4, -0.2) is 28.8 Å². The standard InChI is InChI=1S/C19H28FN5.HI/c1-6-21-19(23-12-16-8-7-13(2)18(20)11-16)22-10-9-17-14(3)24-25(5)15(17)4;/h7-8,11H,6,9-10,12H2,1-5H3,(H2,21,22,23);1H. The summed E-state index contributed by atoms with van der Waals surface area (Å²) >= 11 is 0. The minimum Gasteiger partial charge on any atom is -0.357 e. The van der Waals surface area contributed by atoms with Gasteiger partial charge in [0.1, 0.15) is 5.82 Å². The maximum absolute atomic E-state index is 13.6. The van der Waals surface area contributed by atoms with Gasteiger partial charge in [0.05, 0.1) is 12.2 Å². The van der Waals surface area contributed by atoms with Gasteiger partial charge < -0.3 is 10.6 Å². The van der Waals surface area contributed by atoms with Crippen LogP contribution in [0.5, 0.6) is 0 Å². The van der Waals surface area contributed by atoms with Crippen LogP contribution in [0, 0.1) is 26.6 Å². The molecule has 144 valence electrons. The van der Waals surface area contributed by atoms with Crippen LogP contribution in [0.3, 0.4) is 0 Å². The highest BCUT2D eigenvalue weighted by molar-refractivity contribution is 14.0. The van der Waals surface area contributed by atoms with Crippen LogP contribution >= 0.6 is 24.0 Å². The van der Waals surface area contributed by atoms with Crippen molar-refractivity contribution < 1.29 is 4.39 Å². The summed E-state index contributed by atoms with van der Waals surface area (Å²) < 4.78 is 15.5. The van der Waals surface area contributed by atoms with Crippen molar-refractivity contribution in [2.45, 2.75) is 40.7 Å². The second-order valence-corrected chi connectivity index (χ2v) is 6.23. The molecule has 0 radical (unpaired) electrons. The van der Waals surface area contributed by atoms with E-state index in [1.165, 1.54) is 11.3 Å². The molecule has 26 heavy (non-hydrogen) atoms. The third kappa shape index (κ3) is 5.96. The zero-order valence-corrected chi connectivity index (χ0v) is 18.5. The molecule has 1 aromatic carbocycles. The molecule has 0 unspecified atom stereocenters. The second-order valence-electron chi connectivity index (χ2n) is 6.23. The van der Waals surface area contributed by atoms with Gasteiger partial charge in [0.2, 0.25) is 0 Å². The minimum absolute atomic E-state index is 0. The molecule has 0 amide bonds. The Bertz CT molecular complexity index is 755. The maximum Gasteiger partial charge on any atom is 0.191 e. The predicted octanol–water partition coefficient (Wildman–Crippen LogP) is 3.40. The van der Waals surface area contributed by atoms with Crippen LogP contribution in [-0.2, 0) is 20.0 Å². The Hall–Kier alpha value is -1.64. The number of guanidine groups is 1. The first kappa shape index (κ1) is 22.4.